The average molecular weight is 386 g/mol. The number of carbonyl (C=O) groups excluding carboxylic acids is 3. The highest BCUT2D eigenvalue weighted by molar-refractivity contribution is 5.73. The van der Waals surface area contributed by atoms with Crippen molar-refractivity contribution in [3.8, 4) is 11.5 Å². The van der Waals surface area contributed by atoms with Gasteiger partial charge in [0.25, 0.3) is 0 Å². The largest absolute Gasteiger partial charge is 0.461 e. The molecule has 0 heterocycles. The fraction of sp³-hybridized carbons (Fsp3) is 0.409. The third-order valence-corrected chi connectivity index (χ3v) is 5.03. The molecule has 2 unspecified atom stereocenters. The van der Waals surface area contributed by atoms with Crippen LogP contribution in [-0.4, -0.2) is 24.5 Å². The number of allylic oxidation sites excluding steroid dienone is 1. The van der Waals surface area contributed by atoms with E-state index < -0.39 is 17.4 Å². The van der Waals surface area contributed by atoms with Crippen molar-refractivity contribution in [2.24, 2.45) is 11.3 Å². The zero-order valence-electron chi connectivity index (χ0n) is 16.8. The van der Waals surface area contributed by atoms with Crippen LogP contribution in [0.1, 0.15) is 38.8 Å². The van der Waals surface area contributed by atoms with Crippen LogP contribution in [0.3, 0.4) is 0 Å². The van der Waals surface area contributed by atoms with Gasteiger partial charge in [0.15, 0.2) is 0 Å². The van der Waals surface area contributed by atoms with Crippen LogP contribution in [0.25, 0.3) is 0 Å². The van der Waals surface area contributed by atoms with E-state index in [2.05, 4.69) is 13.2 Å². The molecule has 0 radical (unpaired) electrons. The van der Waals surface area contributed by atoms with Gasteiger partial charge in [-0.3, -0.25) is 14.4 Å². The topological polar surface area (TPSA) is 78.9 Å². The molecule has 1 aliphatic carbocycles. The average Bonchev–Trinajstić information content (AvgIpc) is 2.60. The molecule has 1 aromatic rings. The van der Waals surface area contributed by atoms with Gasteiger partial charge in [-0.15, -0.1) is 6.58 Å². The Morgan fingerprint density at radius 2 is 1.61 bits per heavy atom. The van der Waals surface area contributed by atoms with E-state index in [1.54, 1.807) is 12.1 Å². The van der Waals surface area contributed by atoms with Crippen LogP contribution < -0.4 is 9.47 Å². The van der Waals surface area contributed by atoms with Gasteiger partial charge in [0.05, 0.1) is 0 Å². The second kappa shape index (κ2) is 8.42. The molecule has 0 aromatic heterocycles. The van der Waals surface area contributed by atoms with E-state index in [9.17, 15) is 14.4 Å². The Kier molecular flexibility index (Phi) is 6.44. The number of esters is 3. The van der Waals surface area contributed by atoms with Crippen molar-refractivity contribution in [1.29, 1.82) is 0 Å². The summed E-state index contributed by atoms with van der Waals surface area (Å²) in [6.07, 6.45) is 2.83. The zero-order chi connectivity index (χ0) is 21.1. The maximum absolute atomic E-state index is 11.5. The van der Waals surface area contributed by atoms with E-state index in [-0.39, 0.29) is 18.5 Å². The predicted molar refractivity (Wildman–Crippen MR) is 104 cm³/mol. The van der Waals surface area contributed by atoms with Crippen LogP contribution in [0, 0.1) is 11.3 Å². The molecule has 0 fully saturated rings. The van der Waals surface area contributed by atoms with Crippen LogP contribution in [0.4, 0.5) is 0 Å². The highest BCUT2D eigenvalue weighted by atomic mass is 16.5. The highest BCUT2D eigenvalue weighted by Crippen LogP contribution is 2.49. The normalized spacial score (nSPS) is 20.5. The molecule has 0 saturated heterocycles. The van der Waals surface area contributed by atoms with E-state index in [1.165, 1.54) is 20.8 Å². The van der Waals surface area contributed by atoms with E-state index in [1.807, 2.05) is 13.0 Å². The Labute approximate surface area is 165 Å². The molecular formula is C22H26O6. The molecule has 0 spiro atoms. The van der Waals surface area contributed by atoms with Crippen molar-refractivity contribution in [3.05, 3.63) is 48.1 Å². The van der Waals surface area contributed by atoms with Gasteiger partial charge in [-0.25, -0.2) is 0 Å². The minimum Gasteiger partial charge on any atom is -0.461 e. The lowest BCUT2D eigenvalue weighted by atomic mass is 9.63. The minimum absolute atomic E-state index is 0.0984. The first-order valence-corrected chi connectivity index (χ1v) is 9.03. The molecule has 2 atom stereocenters. The Bertz CT molecular complexity index is 838. The van der Waals surface area contributed by atoms with Gasteiger partial charge < -0.3 is 14.2 Å². The number of benzene rings is 1. The summed E-state index contributed by atoms with van der Waals surface area (Å²) in [5.74, 6) is -0.474. The van der Waals surface area contributed by atoms with Crippen LogP contribution in [0.15, 0.2) is 36.9 Å². The van der Waals surface area contributed by atoms with Crippen molar-refractivity contribution in [1.82, 2.24) is 0 Å². The van der Waals surface area contributed by atoms with Crippen molar-refractivity contribution in [2.75, 3.05) is 6.61 Å². The second-order valence-electron chi connectivity index (χ2n) is 7.29. The first kappa shape index (κ1) is 21.4. The van der Waals surface area contributed by atoms with Gasteiger partial charge in [0.1, 0.15) is 18.1 Å². The molecule has 2 rings (SSSR count). The third kappa shape index (κ3) is 4.68. The number of ether oxygens (including phenoxy) is 3. The summed E-state index contributed by atoms with van der Waals surface area (Å²) in [6, 6.07) is 3.26. The first-order valence-electron chi connectivity index (χ1n) is 9.03. The lowest BCUT2D eigenvalue weighted by Gasteiger charge is -2.42. The van der Waals surface area contributed by atoms with Crippen molar-refractivity contribution < 1.29 is 28.6 Å². The number of hydrogen-bond acceptors (Lipinski definition) is 6. The summed E-state index contributed by atoms with van der Waals surface area (Å²) in [7, 11) is 0. The fourth-order valence-electron chi connectivity index (χ4n) is 3.63. The molecule has 0 bridgehead atoms. The number of rotatable bonds is 6. The maximum atomic E-state index is 11.5. The van der Waals surface area contributed by atoms with Crippen LogP contribution in [0.2, 0.25) is 0 Å². The van der Waals surface area contributed by atoms with E-state index in [0.717, 1.165) is 16.7 Å². The third-order valence-electron chi connectivity index (χ3n) is 5.03. The number of hydrogen-bond donors (Lipinski definition) is 0. The van der Waals surface area contributed by atoms with E-state index in [0.29, 0.717) is 24.3 Å². The van der Waals surface area contributed by atoms with Gasteiger partial charge in [0.2, 0.25) is 0 Å². The predicted octanol–water partition coefficient (Wildman–Crippen LogP) is 3.56. The van der Waals surface area contributed by atoms with Gasteiger partial charge in [-0.2, -0.15) is 0 Å². The van der Waals surface area contributed by atoms with Gasteiger partial charge in [-0.05, 0) is 41.9 Å². The lowest BCUT2D eigenvalue weighted by Crippen LogP contribution is -2.36. The molecule has 1 aromatic carbocycles. The Balaban J connectivity index is 2.53. The summed E-state index contributed by atoms with van der Waals surface area (Å²) in [5.41, 5.74) is 1.92. The Hall–Kier alpha value is -2.89. The highest BCUT2D eigenvalue weighted by Gasteiger charge is 2.41. The molecule has 0 amide bonds. The molecule has 28 heavy (non-hydrogen) atoms. The Morgan fingerprint density at radius 1 is 1.07 bits per heavy atom. The Morgan fingerprint density at radius 3 is 2.07 bits per heavy atom. The summed E-state index contributed by atoms with van der Waals surface area (Å²) in [6.45, 7) is 14.2. The molecule has 0 N–H and O–H groups in total. The SMILES string of the molecule is C=CC1(C)Cc2c(OC(C)=O)ccc(OC(C)=O)c2CC1C(=C)COC(C)=O. The van der Waals surface area contributed by atoms with Crippen LogP contribution in [0.5, 0.6) is 11.5 Å². The van der Waals surface area contributed by atoms with Crippen LogP contribution >= 0.6 is 0 Å². The van der Waals surface area contributed by atoms with Crippen molar-refractivity contribution in [3.63, 3.8) is 0 Å². The standard InChI is InChI=1S/C22H26O6/c1-7-22(6)11-18-17(10-19(22)13(2)12-26-14(3)23)20(27-15(4)24)8-9-21(18)28-16(5)25/h7-9,19H,1-2,10-12H2,3-6H3. The number of fused-ring (bicyclic) bond motifs is 1. The summed E-state index contributed by atoms with van der Waals surface area (Å²) in [5, 5.41) is 0. The zero-order valence-corrected chi connectivity index (χ0v) is 16.8. The molecular weight excluding hydrogens is 360 g/mol. The van der Waals surface area contributed by atoms with E-state index in [4.69, 9.17) is 14.2 Å². The molecule has 0 aliphatic heterocycles. The lowest BCUT2D eigenvalue weighted by molar-refractivity contribution is -0.140. The summed E-state index contributed by atoms with van der Waals surface area (Å²) in [4.78, 5) is 34.3. The summed E-state index contributed by atoms with van der Waals surface area (Å²) < 4.78 is 15.9. The van der Waals surface area contributed by atoms with Crippen molar-refractivity contribution in [2.45, 2.75) is 40.5 Å². The summed E-state index contributed by atoms with van der Waals surface area (Å²) >= 11 is 0. The maximum Gasteiger partial charge on any atom is 0.308 e. The van der Waals surface area contributed by atoms with Crippen LogP contribution in [-0.2, 0) is 32.0 Å². The van der Waals surface area contributed by atoms with Gasteiger partial charge >= 0.3 is 17.9 Å². The molecule has 6 nitrogen and oxygen atoms in total. The first-order chi connectivity index (χ1) is 13.1. The molecule has 1 aliphatic rings. The van der Waals surface area contributed by atoms with E-state index >= 15 is 0 Å². The fourth-order valence-corrected chi connectivity index (χ4v) is 3.63. The smallest absolute Gasteiger partial charge is 0.308 e. The molecule has 6 heteroatoms. The second-order valence-corrected chi connectivity index (χ2v) is 7.29. The quantitative estimate of drug-likeness (QED) is 0.423. The monoisotopic (exact) mass is 386 g/mol. The van der Waals surface area contributed by atoms with Gasteiger partial charge in [-0.1, -0.05) is 19.6 Å². The minimum atomic E-state index is -0.435. The van der Waals surface area contributed by atoms with Gasteiger partial charge in [0, 0.05) is 31.9 Å². The number of carbonyl (C=O) groups is 3. The molecule has 150 valence electrons. The van der Waals surface area contributed by atoms with Crippen molar-refractivity contribution >= 4 is 17.9 Å². The molecule has 0 saturated carbocycles.